The van der Waals surface area contributed by atoms with E-state index in [1.807, 2.05) is 6.92 Å². The van der Waals surface area contributed by atoms with Crippen LogP contribution in [-0.4, -0.2) is 90.8 Å². The Morgan fingerprint density at radius 2 is 2.29 bits per heavy atom. The fraction of sp³-hybridized carbons (Fsp3) is 0.500. The Balaban J connectivity index is 0.00000144. The predicted octanol–water partition coefficient (Wildman–Crippen LogP) is 0.817. The van der Waals surface area contributed by atoms with Crippen LogP contribution < -0.4 is 0 Å². The van der Waals surface area contributed by atoms with Crippen LogP contribution in [0.1, 0.15) is 40.1 Å². The topological polar surface area (TPSA) is 70.5 Å². The van der Waals surface area contributed by atoms with Gasteiger partial charge in [-0.15, -0.1) is 11.3 Å². The van der Waals surface area contributed by atoms with Crippen molar-refractivity contribution < 1.29 is 14.7 Å². The molecule has 0 bridgehead atoms. The average molecular weight is 280 g/mol. The molecule has 0 unspecified atom stereocenters. The van der Waals surface area contributed by atoms with Crippen molar-refractivity contribution in [2.24, 2.45) is 0 Å². The third kappa shape index (κ3) is 3.36. The van der Waals surface area contributed by atoms with Gasteiger partial charge in [-0.25, -0.2) is 9.78 Å². The van der Waals surface area contributed by atoms with E-state index in [1.165, 1.54) is 5.38 Å². The quantitative estimate of drug-likeness (QED) is 0.814. The molecular weight excluding hydrogens is 267 g/mol. The minimum absolute atomic E-state index is 0. The Morgan fingerprint density at radius 1 is 1.59 bits per heavy atom. The number of carbonyl (C=O) groups is 2. The minimum atomic E-state index is -1.08. The molecule has 7 heteroatoms. The molecule has 1 amide bonds. The molecule has 0 spiro atoms. The molecule has 0 radical (unpaired) electrons. The van der Waals surface area contributed by atoms with Crippen LogP contribution >= 0.6 is 11.3 Å². The summed E-state index contributed by atoms with van der Waals surface area (Å²) in [4.78, 5) is 28.2. The zero-order valence-corrected chi connectivity index (χ0v) is 9.66. The Kier molecular flexibility index (Phi) is 5.74. The van der Waals surface area contributed by atoms with Gasteiger partial charge < -0.3 is 10.0 Å². The molecule has 2 rings (SSSR count). The van der Waals surface area contributed by atoms with Crippen LogP contribution in [0.3, 0.4) is 0 Å². The number of aromatic carboxylic acids is 1. The summed E-state index contributed by atoms with van der Waals surface area (Å²) in [5, 5.41) is 10.2. The molecule has 88 valence electrons. The van der Waals surface area contributed by atoms with E-state index in [1.54, 1.807) is 4.90 Å². The Bertz CT molecular complexity index is 435. The van der Waals surface area contributed by atoms with E-state index < -0.39 is 5.97 Å². The number of nitrogens with zero attached hydrogens (tertiary/aromatic N) is 2. The van der Waals surface area contributed by atoms with Crippen molar-refractivity contribution >= 4 is 74.6 Å². The van der Waals surface area contributed by atoms with Gasteiger partial charge in [-0.1, -0.05) is 0 Å². The molecule has 1 aliphatic heterocycles. The number of hydrogen-bond donors (Lipinski definition) is 1. The SMILES string of the molecule is C[C@H]1CCCN1C(=O)c1csc(C(=O)O)n1.[KH]. The third-order valence-corrected chi connectivity index (χ3v) is 3.55. The van der Waals surface area contributed by atoms with Crippen molar-refractivity contribution in [2.75, 3.05) is 6.54 Å². The maximum absolute atomic E-state index is 12.0. The second-order valence-corrected chi connectivity index (χ2v) is 4.69. The third-order valence-electron chi connectivity index (χ3n) is 2.72. The Labute approximate surface area is 146 Å². The van der Waals surface area contributed by atoms with E-state index in [0.29, 0.717) is 0 Å². The number of thiazole rings is 1. The normalized spacial score (nSPS) is 18.9. The number of carbonyl (C=O) groups excluding carboxylic acids is 1. The van der Waals surface area contributed by atoms with Crippen LogP contribution in [0.5, 0.6) is 0 Å². The Morgan fingerprint density at radius 3 is 2.76 bits per heavy atom. The molecule has 1 aromatic heterocycles. The van der Waals surface area contributed by atoms with Gasteiger partial charge in [0.2, 0.25) is 5.01 Å². The maximum atomic E-state index is 12.0. The summed E-state index contributed by atoms with van der Waals surface area (Å²) in [5.41, 5.74) is 0.246. The van der Waals surface area contributed by atoms with Gasteiger partial charge in [0.05, 0.1) is 0 Å². The van der Waals surface area contributed by atoms with E-state index in [0.717, 1.165) is 30.7 Å². The zero-order chi connectivity index (χ0) is 11.7. The number of likely N-dealkylation sites (tertiary alicyclic amines) is 1. The summed E-state index contributed by atoms with van der Waals surface area (Å²) in [6.07, 6.45) is 2.00. The van der Waals surface area contributed by atoms with Crippen LogP contribution in [-0.2, 0) is 0 Å². The van der Waals surface area contributed by atoms with E-state index in [2.05, 4.69) is 4.98 Å². The first kappa shape index (κ1) is 15.3. The molecule has 1 fully saturated rings. The van der Waals surface area contributed by atoms with Gasteiger partial charge in [-0.05, 0) is 19.8 Å². The standard InChI is InChI=1S/C10H12N2O3S.K.H/c1-6-3-2-4-12(6)9(13)7-5-16-8(11-7)10(14)15;;/h5-6H,2-4H2,1H3,(H,14,15);;/t6-;;/m0../s1. The number of carboxylic acids is 1. The van der Waals surface area contributed by atoms with Crippen LogP contribution in [0.4, 0.5) is 0 Å². The van der Waals surface area contributed by atoms with Crippen LogP contribution in [0, 0.1) is 0 Å². The molecule has 0 saturated carbocycles. The Hall–Kier alpha value is 0.206. The molecule has 2 heterocycles. The van der Waals surface area contributed by atoms with Gasteiger partial charge in [0.15, 0.2) is 0 Å². The van der Waals surface area contributed by atoms with Gasteiger partial charge in [-0.3, -0.25) is 4.79 Å². The molecule has 1 N–H and O–H groups in total. The van der Waals surface area contributed by atoms with Crippen molar-refractivity contribution in [3.8, 4) is 0 Å². The molecule has 1 aromatic rings. The number of carboxylic acid groups (broad SMARTS) is 1. The number of hydrogen-bond acceptors (Lipinski definition) is 4. The first-order valence-electron chi connectivity index (χ1n) is 5.09. The number of amides is 1. The summed E-state index contributed by atoms with van der Waals surface area (Å²) in [6.45, 7) is 2.73. The molecular formula is C10H13KN2O3S. The predicted molar refractivity (Wildman–Crippen MR) is 66.0 cm³/mol. The van der Waals surface area contributed by atoms with Gasteiger partial charge in [-0.2, -0.15) is 0 Å². The van der Waals surface area contributed by atoms with Crippen LogP contribution in [0.2, 0.25) is 0 Å². The van der Waals surface area contributed by atoms with E-state index in [4.69, 9.17) is 5.11 Å². The monoisotopic (exact) mass is 280 g/mol. The summed E-state index contributed by atoms with van der Waals surface area (Å²) >= 11 is 0.988. The summed E-state index contributed by atoms with van der Waals surface area (Å²) in [7, 11) is 0. The number of aromatic nitrogens is 1. The van der Waals surface area contributed by atoms with Gasteiger partial charge in [0.1, 0.15) is 5.69 Å². The molecule has 0 aromatic carbocycles. The average Bonchev–Trinajstić information content (AvgIpc) is 2.84. The summed E-state index contributed by atoms with van der Waals surface area (Å²) < 4.78 is 0. The summed E-state index contributed by atoms with van der Waals surface area (Å²) in [5.74, 6) is -1.24. The van der Waals surface area contributed by atoms with Crippen molar-refractivity contribution in [1.29, 1.82) is 0 Å². The van der Waals surface area contributed by atoms with E-state index >= 15 is 0 Å². The zero-order valence-electron chi connectivity index (χ0n) is 8.84. The van der Waals surface area contributed by atoms with E-state index in [9.17, 15) is 9.59 Å². The van der Waals surface area contributed by atoms with Gasteiger partial charge in [0.25, 0.3) is 5.91 Å². The summed E-state index contributed by atoms with van der Waals surface area (Å²) in [6, 6.07) is 0.225. The van der Waals surface area contributed by atoms with Crippen molar-refractivity contribution in [2.45, 2.75) is 25.8 Å². The number of rotatable bonds is 2. The first-order chi connectivity index (χ1) is 7.59. The molecule has 1 saturated heterocycles. The molecule has 0 aliphatic carbocycles. The molecule has 17 heavy (non-hydrogen) atoms. The second-order valence-electron chi connectivity index (χ2n) is 3.83. The van der Waals surface area contributed by atoms with Gasteiger partial charge in [0, 0.05) is 18.0 Å². The fourth-order valence-corrected chi connectivity index (χ4v) is 2.48. The second kappa shape index (κ2) is 6.40. The molecule has 5 nitrogen and oxygen atoms in total. The van der Waals surface area contributed by atoms with Crippen LogP contribution in [0.25, 0.3) is 0 Å². The van der Waals surface area contributed by atoms with Crippen molar-refractivity contribution in [3.63, 3.8) is 0 Å². The molecule has 1 aliphatic rings. The van der Waals surface area contributed by atoms with Crippen LogP contribution in [0.15, 0.2) is 5.38 Å². The van der Waals surface area contributed by atoms with Crippen molar-refractivity contribution in [3.05, 3.63) is 16.1 Å². The first-order valence-corrected chi connectivity index (χ1v) is 5.97. The van der Waals surface area contributed by atoms with Gasteiger partial charge >= 0.3 is 57.4 Å². The van der Waals surface area contributed by atoms with E-state index in [-0.39, 0.29) is 74.0 Å². The molecule has 1 atom stereocenters. The van der Waals surface area contributed by atoms with Crippen molar-refractivity contribution in [1.82, 2.24) is 9.88 Å². The fourth-order valence-electron chi connectivity index (χ4n) is 1.85.